The van der Waals surface area contributed by atoms with Crippen LogP contribution in [0.2, 0.25) is 0 Å². The molecule has 0 unspecified atom stereocenters. The number of carbonyl (C=O) groups excluding carboxylic acids is 1. The van der Waals surface area contributed by atoms with Gasteiger partial charge in [0.15, 0.2) is 0 Å². The molecule has 4 heteroatoms. The van der Waals surface area contributed by atoms with Gasteiger partial charge in [0.1, 0.15) is 5.82 Å². The first-order valence-electron chi connectivity index (χ1n) is 8.02. The molecule has 1 aromatic heterocycles. The highest BCUT2D eigenvalue weighted by Gasteiger charge is 2.25. The zero-order valence-corrected chi connectivity index (χ0v) is 15.0. The summed E-state index contributed by atoms with van der Waals surface area (Å²) in [5.41, 5.74) is 1.72. The third-order valence-electron chi connectivity index (χ3n) is 3.59. The molecule has 23 heavy (non-hydrogen) atoms. The molecular formula is C19H27N3O. The van der Waals surface area contributed by atoms with Crippen molar-refractivity contribution in [2.45, 2.75) is 58.9 Å². The molecule has 1 heterocycles. The third kappa shape index (κ3) is 4.44. The van der Waals surface area contributed by atoms with Gasteiger partial charge in [-0.05, 0) is 26.3 Å². The molecule has 0 fully saturated rings. The van der Waals surface area contributed by atoms with Gasteiger partial charge in [0.05, 0.1) is 17.7 Å². The lowest BCUT2D eigenvalue weighted by atomic mass is 9.92. The summed E-state index contributed by atoms with van der Waals surface area (Å²) in [6.45, 7) is 12.6. The highest BCUT2D eigenvalue weighted by atomic mass is 16.1. The van der Waals surface area contributed by atoms with Gasteiger partial charge in [-0.25, -0.2) is 4.68 Å². The summed E-state index contributed by atoms with van der Waals surface area (Å²) < 4.78 is 1.90. The molecular weight excluding hydrogens is 286 g/mol. The normalized spacial score (nSPS) is 12.3. The van der Waals surface area contributed by atoms with E-state index in [1.165, 1.54) is 0 Å². The van der Waals surface area contributed by atoms with E-state index >= 15 is 0 Å². The Morgan fingerprint density at radius 2 is 1.70 bits per heavy atom. The van der Waals surface area contributed by atoms with Gasteiger partial charge >= 0.3 is 0 Å². The van der Waals surface area contributed by atoms with Gasteiger partial charge < -0.3 is 5.32 Å². The molecule has 1 amide bonds. The number of hydrogen-bond donors (Lipinski definition) is 1. The molecule has 0 radical (unpaired) electrons. The van der Waals surface area contributed by atoms with Gasteiger partial charge in [-0.3, -0.25) is 4.79 Å². The fraction of sp³-hybridized carbons (Fsp3) is 0.474. The molecule has 0 aliphatic heterocycles. The third-order valence-corrected chi connectivity index (χ3v) is 3.59. The molecule has 0 aliphatic rings. The summed E-state index contributed by atoms with van der Waals surface area (Å²) in [6, 6.07) is 11.7. The van der Waals surface area contributed by atoms with Crippen LogP contribution in [-0.2, 0) is 22.2 Å². The minimum Gasteiger partial charge on any atom is -0.311 e. The Morgan fingerprint density at radius 3 is 2.22 bits per heavy atom. The Kier molecular flexibility index (Phi) is 4.64. The largest absolute Gasteiger partial charge is 0.311 e. The van der Waals surface area contributed by atoms with Crippen molar-refractivity contribution in [1.29, 1.82) is 0 Å². The molecule has 2 aromatic rings. The lowest BCUT2D eigenvalue weighted by Crippen LogP contribution is -2.27. The molecule has 4 nitrogen and oxygen atoms in total. The van der Waals surface area contributed by atoms with Gasteiger partial charge in [0.25, 0.3) is 0 Å². The number of nitrogens with zero attached hydrogens (tertiary/aromatic N) is 2. The Balaban J connectivity index is 2.24. The van der Waals surface area contributed by atoms with E-state index in [9.17, 15) is 4.79 Å². The van der Waals surface area contributed by atoms with Crippen molar-refractivity contribution in [2.75, 3.05) is 5.32 Å². The molecule has 2 rings (SSSR count). The molecule has 0 atom stereocenters. The predicted molar refractivity (Wildman–Crippen MR) is 94.7 cm³/mol. The maximum Gasteiger partial charge on any atom is 0.229 e. The summed E-state index contributed by atoms with van der Waals surface area (Å²) in [4.78, 5) is 12.4. The zero-order valence-electron chi connectivity index (χ0n) is 15.0. The number of amides is 1. The van der Waals surface area contributed by atoms with E-state index in [1.807, 2.05) is 41.1 Å². The standard InChI is InChI=1S/C19H27N3O/c1-18(2,3)15-13-16(22(21-15)19(4,5)6)20-17(23)12-14-10-8-7-9-11-14/h7-11,13H,12H2,1-6H3,(H,20,23). The Morgan fingerprint density at radius 1 is 1.09 bits per heavy atom. The molecule has 1 aromatic carbocycles. The molecule has 0 aliphatic carbocycles. The first-order chi connectivity index (χ1) is 10.6. The van der Waals surface area contributed by atoms with Gasteiger partial charge in [-0.1, -0.05) is 51.1 Å². The van der Waals surface area contributed by atoms with Crippen LogP contribution in [0, 0.1) is 0 Å². The maximum atomic E-state index is 12.4. The van der Waals surface area contributed by atoms with Crippen LogP contribution in [0.5, 0.6) is 0 Å². The number of nitrogens with one attached hydrogen (secondary N) is 1. The van der Waals surface area contributed by atoms with E-state index in [4.69, 9.17) is 5.10 Å². The molecule has 0 saturated heterocycles. The van der Waals surface area contributed by atoms with Crippen LogP contribution in [0.4, 0.5) is 5.82 Å². The number of carbonyl (C=O) groups is 1. The van der Waals surface area contributed by atoms with Crippen LogP contribution in [0.1, 0.15) is 52.8 Å². The van der Waals surface area contributed by atoms with Crippen LogP contribution in [-0.4, -0.2) is 15.7 Å². The minimum atomic E-state index is -0.196. The summed E-state index contributed by atoms with van der Waals surface area (Å²) in [7, 11) is 0. The van der Waals surface area contributed by atoms with E-state index < -0.39 is 0 Å². The molecule has 0 spiro atoms. The molecule has 124 valence electrons. The number of benzene rings is 1. The average molecular weight is 313 g/mol. The van der Waals surface area contributed by atoms with Crippen molar-refractivity contribution in [3.05, 3.63) is 47.7 Å². The SMILES string of the molecule is CC(C)(C)c1cc(NC(=O)Cc2ccccc2)n(C(C)(C)C)n1. The first kappa shape index (κ1) is 17.3. The van der Waals surface area contributed by atoms with E-state index in [2.05, 4.69) is 46.9 Å². The number of rotatable bonds is 3. The quantitative estimate of drug-likeness (QED) is 0.926. The van der Waals surface area contributed by atoms with Crippen molar-refractivity contribution in [1.82, 2.24) is 9.78 Å². The predicted octanol–water partition coefficient (Wildman–Crippen LogP) is 4.12. The van der Waals surface area contributed by atoms with Crippen LogP contribution >= 0.6 is 0 Å². The summed E-state index contributed by atoms with van der Waals surface area (Å²) in [6.07, 6.45) is 0.362. The van der Waals surface area contributed by atoms with Crippen LogP contribution < -0.4 is 5.32 Å². The number of hydrogen-bond acceptors (Lipinski definition) is 2. The summed E-state index contributed by atoms with van der Waals surface area (Å²) in [5.74, 6) is 0.727. The Hall–Kier alpha value is -2.10. The fourth-order valence-corrected chi connectivity index (χ4v) is 2.32. The topological polar surface area (TPSA) is 46.9 Å². The highest BCUT2D eigenvalue weighted by molar-refractivity contribution is 5.91. The van der Waals surface area contributed by atoms with Crippen molar-refractivity contribution in [3.8, 4) is 0 Å². The van der Waals surface area contributed by atoms with Gasteiger partial charge in [0, 0.05) is 11.5 Å². The van der Waals surface area contributed by atoms with Gasteiger partial charge in [-0.2, -0.15) is 5.10 Å². The van der Waals surface area contributed by atoms with Crippen molar-refractivity contribution in [2.24, 2.45) is 0 Å². The zero-order chi connectivity index (χ0) is 17.3. The van der Waals surface area contributed by atoms with E-state index in [1.54, 1.807) is 0 Å². The minimum absolute atomic E-state index is 0.0259. The monoisotopic (exact) mass is 313 g/mol. The lowest BCUT2D eigenvalue weighted by Gasteiger charge is -2.23. The summed E-state index contributed by atoms with van der Waals surface area (Å²) >= 11 is 0. The van der Waals surface area contributed by atoms with E-state index in [-0.39, 0.29) is 16.9 Å². The second-order valence-corrected chi connectivity index (χ2v) is 7.96. The van der Waals surface area contributed by atoms with Crippen LogP contribution in [0.25, 0.3) is 0 Å². The second-order valence-electron chi connectivity index (χ2n) is 7.96. The fourth-order valence-electron chi connectivity index (χ4n) is 2.32. The lowest BCUT2D eigenvalue weighted by molar-refractivity contribution is -0.115. The Bertz CT molecular complexity index is 673. The van der Waals surface area contributed by atoms with Crippen molar-refractivity contribution < 1.29 is 4.79 Å². The van der Waals surface area contributed by atoms with E-state index in [0.717, 1.165) is 17.1 Å². The van der Waals surface area contributed by atoms with Gasteiger partial charge in [0.2, 0.25) is 5.91 Å². The smallest absolute Gasteiger partial charge is 0.229 e. The van der Waals surface area contributed by atoms with Crippen molar-refractivity contribution in [3.63, 3.8) is 0 Å². The molecule has 0 bridgehead atoms. The number of anilines is 1. The molecule has 1 N–H and O–H groups in total. The van der Waals surface area contributed by atoms with Crippen molar-refractivity contribution >= 4 is 11.7 Å². The van der Waals surface area contributed by atoms with Crippen LogP contribution in [0.3, 0.4) is 0 Å². The van der Waals surface area contributed by atoms with Crippen LogP contribution in [0.15, 0.2) is 36.4 Å². The number of aromatic nitrogens is 2. The maximum absolute atomic E-state index is 12.4. The first-order valence-corrected chi connectivity index (χ1v) is 8.02. The van der Waals surface area contributed by atoms with E-state index in [0.29, 0.717) is 6.42 Å². The average Bonchev–Trinajstić information content (AvgIpc) is 2.83. The highest BCUT2D eigenvalue weighted by Crippen LogP contribution is 2.28. The Labute approximate surface area is 138 Å². The summed E-state index contributed by atoms with van der Waals surface area (Å²) in [5, 5.41) is 7.73. The second kappa shape index (κ2) is 6.19. The molecule has 0 saturated carbocycles. The van der Waals surface area contributed by atoms with Gasteiger partial charge in [-0.15, -0.1) is 0 Å².